The Kier molecular flexibility index (Phi) is 12.2. The first-order chi connectivity index (χ1) is 21.2. The number of hydrogen-bond acceptors (Lipinski definition) is 4. The zero-order valence-electron chi connectivity index (χ0n) is 26.5. The van der Waals surface area contributed by atoms with Gasteiger partial charge in [0.2, 0.25) is 0 Å². The molecule has 0 bridgehead atoms. The second-order valence-corrected chi connectivity index (χ2v) is 13.1. The molecule has 2 aliphatic rings. The molecule has 0 heterocycles. The molecule has 8 nitrogen and oxygen atoms in total. The Bertz CT molecular complexity index is 1220. The van der Waals surface area contributed by atoms with E-state index in [1.807, 2.05) is 0 Å². The molecule has 4 rings (SSSR count). The monoisotopic (exact) mass is 606 g/mol. The number of nitrogens with one attached hydrogen (secondary N) is 2. The van der Waals surface area contributed by atoms with Crippen molar-refractivity contribution in [2.75, 3.05) is 0 Å². The standard InChI is InChI=1S/C36H50N2O6/c1-3-5-7-9-23-11-15-25(16-12-23)37-33(39)27-19-20-28(32-30(36(43)44)22-21-29(31(27)32)35(41)42)34(40)38-26-17-13-24(14-18-26)10-8-6-4-2/h19-26H,3-18H2,1-2H3,(H,37,39)(H,38,40)(H,41,42)(H,43,44)/t23-,24-,25-,26-. The second-order valence-electron chi connectivity index (χ2n) is 13.1. The molecule has 2 amide bonds. The van der Waals surface area contributed by atoms with Crippen molar-refractivity contribution in [1.82, 2.24) is 10.6 Å². The normalized spacial score (nSPS) is 22.0. The number of benzene rings is 2. The van der Waals surface area contributed by atoms with Gasteiger partial charge in [0.1, 0.15) is 0 Å². The van der Waals surface area contributed by atoms with Gasteiger partial charge in [0.05, 0.1) is 11.1 Å². The quantitative estimate of drug-likeness (QED) is 0.161. The number of carbonyl (C=O) groups is 4. The van der Waals surface area contributed by atoms with Crippen LogP contribution in [0, 0.1) is 11.8 Å². The highest BCUT2D eigenvalue weighted by molar-refractivity contribution is 6.23. The summed E-state index contributed by atoms with van der Waals surface area (Å²) in [5.74, 6) is -2.12. The van der Waals surface area contributed by atoms with Gasteiger partial charge in [-0.05, 0) is 87.5 Å². The highest BCUT2D eigenvalue weighted by Crippen LogP contribution is 2.33. The third kappa shape index (κ3) is 8.39. The third-order valence-corrected chi connectivity index (χ3v) is 9.91. The van der Waals surface area contributed by atoms with Crippen LogP contribution < -0.4 is 10.6 Å². The van der Waals surface area contributed by atoms with Crippen molar-refractivity contribution in [1.29, 1.82) is 0 Å². The summed E-state index contributed by atoms with van der Waals surface area (Å²) in [4.78, 5) is 52.0. The topological polar surface area (TPSA) is 133 Å². The first kappa shape index (κ1) is 33.5. The van der Waals surface area contributed by atoms with Gasteiger partial charge in [0, 0.05) is 34.0 Å². The summed E-state index contributed by atoms with van der Waals surface area (Å²) in [6, 6.07) is 5.33. The molecule has 240 valence electrons. The van der Waals surface area contributed by atoms with Crippen LogP contribution in [0.1, 0.15) is 158 Å². The van der Waals surface area contributed by atoms with E-state index >= 15 is 0 Å². The van der Waals surface area contributed by atoms with E-state index in [1.165, 1.54) is 75.6 Å². The number of carbonyl (C=O) groups excluding carboxylic acids is 2. The van der Waals surface area contributed by atoms with E-state index in [0.29, 0.717) is 11.8 Å². The molecule has 0 saturated heterocycles. The smallest absolute Gasteiger partial charge is 0.336 e. The predicted octanol–water partition coefficient (Wildman–Crippen LogP) is 7.97. The maximum atomic E-state index is 13.6. The first-order valence-corrected chi connectivity index (χ1v) is 16.9. The Hall–Kier alpha value is -3.42. The molecular formula is C36H50N2O6. The van der Waals surface area contributed by atoms with Gasteiger partial charge in [-0.3, -0.25) is 9.59 Å². The molecule has 0 aromatic heterocycles. The Morgan fingerprint density at radius 3 is 1.23 bits per heavy atom. The second kappa shape index (κ2) is 16.1. The molecule has 0 spiro atoms. The van der Waals surface area contributed by atoms with E-state index in [0.717, 1.165) is 51.4 Å². The SMILES string of the molecule is CCCCC[C@H]1CC[C@H](NC(=O)c2ccc(C(=O)N[C@H]3CC[C@H](CCCCC)CC3)c3c(C(=O)O)ccc(C(=O)O)c23)CC1. The summed E-state index contributed by atoms with van der Waals surface area (Å²) in [5, 5.41) is 26.3. The Morgan fingerprint density at radius 2 is 0.909 bits per heavy atom. The molecule has 2 fully saturated rings. The lowest BCUT2D eigenvalue weighted by Gasteiger charge is -2.30. The van der Waals surface area contributed by atoms with Crippen molar-refractivity contribution in [2.24, 2.45) is 11.8 Å². The van der Waals surface area contributed by atoms with Gasteiger partial charge in [-0.1, -0.05) is 65.2 Å². The summed E-state index contributed by atoms with van der Waals surface area (Å²) in [7, 11) is 0. The van der Waals surface area contributed by atoms with Crippen molar-refractivity contribution < 1.29 is 29.4 Å². The summed E-state index contributed by atoms with van der Waals surface area (Å²) in [6.45, 7) is 4.40. The maximum absolute atomic E-state index is 13.6. The van der Waals surface area contributed by atoms with Gasteiger partial charge in [-0.25, -0.2) is 9.59 Å². The molecule has 4 N–H and O–H groups in total. The van der Waals surface area contributed by atoms with Crippen LogP contribution in [0.4, 0.5) is 0 Å². The minimum Gasteiger partial charge on any atom is -0.478 e. The van der Waals surface area contributed by atoms with Crippen molar-refractivity contribution in [3.63, 3.8) is 0 Å². The Labute approximate surface area is 261 Å². The van der Waals surface area contributed by atoms with E-state index in [2.05, 4.69) is 24.5 Å². The Morgan fingerprint density at radius 1 is 0.568 bits per heavy atom. The van der Waals surface area contributed by atoms with E-state index in [4.69, 9.17) is 0 Å². The molecule has 0 aliphatic heterocycles. The molecule has 2 aromatic carbocycles. The summed E-state index contributed by atoms with van der Waals surface area (Å²) in [5.41, 5.74) is -0.238. The minimum atomic E-state index is -1.28. The molecule has 8 heteroatoms. The lowest BCUT2D eigenvalue weighted by atomic mass is 9.82. The van der Waals surface area contributed by atoms with Crippen LogP contribution in [0.2, 0.25) is 0 Å². The highest BCUT2D eigenvalue weighted by Gasteiger charge is 2.29. The maximum Gasteiger partial charge on any atom is 0.336 e. The number of unbranched alkanes of at least 4 members (excludes halogenated alkanes) is 4. The highest BCUT2D eigenvalue weighted by atomic mass is 16.4. The Balaban J connectivity index is 1.56. The number of carboxylic acid groups (broad SMARTS) is 2. The van der Waals surface area contributed by atoms with Crippen LogP contribution in [-0.2, 0) is 0 Å². The van der Waals surface area contributed by atoms with Crippen LogP contribution in [0.5, 0.6) is 0 Å². The fraction of sp³-hybridized carbons (Fsp3) is 0.611. The number of fused-ring (bicyclic) bond motifs is 1. The summed E-state index contributed by atoms with van der Waals surface area (Å²) >= 11 is 0. The van der Waals surface area contributed by atoms with Gasteiger partial charge in [0.25, 0.3) is 11.8 Å². The van der Waals surface area contributed by atoms with Gasteiger partial charge >= 0.3 is 11.9 Å². The van der Waals surface area contributed by atoms with Gasteiger partial charge in [-0.15, -0.1) is 0 Å². The molecular weight excluding hydrogens is 556 g/mol. The lowest BCUT2D eigenvalue weighted by Crippen LogP contribution is -2.38. The van der Waals surface area contributed by atoms with Crippen LogP contribution in [0.3, 0.4) is 0 Å². The average molecular weight is 607 g/mol. The zero-order valence-corrected chi connectivity index (χ0v) is 26.5. The van der Waals surface area contributed by atoms with E-state index in [1.54, 1.807) is 0 Å². The van der Waals surface area contributed by atoms with E-state index in [-0.39, 0.29) is 45.1 Å². The number of hydrogen-bond donors (Lipinski definition) is 4. The van der Waals surface area contributed by atoms with Gasteiger partial charge in [-0.2, -0.15) is 0 Å². The van der Waals surface area contributed by atoms with Crippen LogP contribution >= 0.6 is 0 Å². The van der Waals surface area contributed by atoms with Crippen molar-refractivity contribution in [3.05, 3.63) is 46.5 Å². The van der Waals surface area contributed by atoms with Crippen molar-refractivity contribution in [2.45, 2.75) is 129 Å². The fourth-order valence-electron chi connectivity index (χ4n) is 7.31. The molecule has 0 unspecified atom stereocenters. The molecule has 0 atom stereocenters. The molecule has 0 radical (unpaired) electrons. The summed E-state index contributed by atoms with van der Waals surface area (Å²) in [6.07, 6.45) is 17.3. The fourth-order valence-corrected chi connectivity index (χ4v) is 7.31. The molecule has 44 heavy (non-hydrogen) atoms. The zero-order chi connectivity index (χ0) is 31.6. The van der Waals surface area contributed by atoms with Crippen LogP contribution in [-0.4, -0.2) is 46.0 Å². The van der Waals surface area contributed by atoms with Crippen molar-refractivity contribution >= 4 is 34.5 Å². The minimum absolute atomic E-state index is 0.00423. The van der Waals surface area contributed by atoms with E-state index < -0.39 is 23.8 Å². The molecule has 2 aliphatic carbocycles. The van der Waals surface area contributed by atoms with Gasteiger partial charge in [0.15, 0.2) is 0 Å². The number of carboxylic acids is 2. The number of rotatable bonds is 14. The van der Waals surface area contributed by atoms with Crippen molar-refractivity contribution in [3.8, 4) is 0 Å². The third-order valence-electron chi connectivity index (χ3n) is 9.91. The average Bonchev–Trinajstić information content (AvgIpc) is 3.01. The largest absolute Gasteiger partial charge is 0.478 e. The number of amides is 2. The predicted molar refractivity (Wildman–Crippen MR) is 173 cm³/mol. The molecule has 2 saturated carbocycles. The lowest BCUT2D eigenvalue weighted by molar-refractivity contribution is 0.0684. The summed E-state index contributed by atoms with van der Waals surface area (Å²) < 4.78 is 0. The van der Waals surface area contributed by atoms with Crippen LogP contribution in [0.15, 0.2) is 24.3 Å². The van der Waals surface area contributed by atoms with E-state index in [9.17, 15) is 29.4 Å². The number of aromatic carboxylic acids is 2. The first-order valence-electron chi connectivity index (χ1n) is 16.9. The van der Waals surface area contributed by atoms with Crippen LogP contribution in [0.25, 0.3) is 10.8 Å². The van der Waals surface area contributed by atoms with Gasteiger partial charge < -0.3 is 20.8 Å². The molecule has 2 aromatic rings.